The normalized spacial score (nSPS) is 12.6. The number of ether oxygens (including phenoxy) is 1. The minimum atomic E-state index is -4.91. The van der Waals surface area contributed by atoms with Gasteiger partial charge in [0.05, 0.1) is 11.1 Å². The third-order valence-corrected chi connectivity index (χ3v) is 6.76. The van der Waals surface area contributed by atoms with Crippen LogP contribution in [0.1, 0.15) is 44.3 Å². The molecule has 0 saturated heterocycles. The van der Waals surface area contributed by atoms with Gasteiger partial charge in [-0.3, -0.25) is 4.79 Å². The first-order chi connectivity index (χ1) is 19.2. The highest BCUT2D eigenvalue weighted by molar-refractivity contribution is 6.35. The molecular formula is C29H18Cl3F6NO2. The number of carbonyl (C=O) groups excluding carboxylic acids is 1. The summed E-state index contributed by atoms with van der Waals surface area (Å²) in [4.78, 5) is 12.7. The summed E-state index contributed by atoms with van der Waals surface area (Å²) in [6.07, 6.45) is -10.5. The average molecular weight is 633 g/mol. The Morgan fingerprint density at radius 1 is 0.756 bits per heavy atom. The summed E-state index contributed by atoms with van der Waals surface area (Å²) in [6.45, 7) is -0.204. The molecule has 0 spiro atoms. The Morgan fingerprint density at radius 2 is 1.39 bits per heavy atom. The van der Waals surface area contributed by atoms with Crippen molar-refractivity contribution in [3.05, 3.63) is 133 Å². The Kier molecular flexibility index (Phi) is 9.11. The van der Waals surface area contributed by atoms with Crippen molar-refractivity contribution in [3.63, 3.8) is 0 Å². The van der Waals surface area contributed by atoms with Crippen molar-refractivity contribution >= 4 is 40.7 Å². The second kappa shape index (κ2) is 12.2. The Hall–Kier alpha value is -3.40. The van der Waals surface area contributed by atoms with Crippen LogP contribution in [-0.2, 0) is 18.9 Å². The molecule has 214 valence electrons. The minimum absolute atomic E-state index is 0.158. The first-order valence-corrected chi connectivity index (χ1v) is 12.9. The van der Waals surface area contributed by atoms with Crippen molar-refractivity contribution in [2.45, 2.75) is 25.0 Å². The molecular weight excluding hydrogens is 615 g/mol. The molecule has 12 heteroatoms. The number of benzene rings is 4. The molecule has 41 heavy (non-hydrogen) atoms. The van der Waals surface area contributed by atoms with Crippen LogP contribution in [0.25, 0.3) is 0 Å². The van der Waals surface area contributed by atoms with Crippen LogP contribution in [0.3, 0.4) is 0 Å². The van der Waals surface area contributed by atoms with E-state index in [2.05, 4.69) is 5.32 Å². The van der Waals surface area contributed by atoms with Crippen LogP contribution in [0.4, 0.5) is 26.3 Å². The highest BCUT2D eigenvalue weighted by Gasteiger charge is 2.36. The smallest absolute Gasteiger partial charge is 0.419 e. The molecule has 3 nitrogen and oxygen atoms in total. The second-order valence-electron chi connectivity index (χ2n) is 8.80. The summed E-state index contributed by atoms with van der Waals surface area (Å²) >= 11 is 18.3. The van der Waals surface area contributed by atoms with E-state index >= 15 is 0 Å². The van der Waals surface area contributed by atoms with Gasteiger partial charge in [0.1, 0.15) is 5.75 Å². The van der Waals surface area contributed by atoms with Crippen molar-refractivity contribution in [2.75, 3.05) is 0 Å². The summed E-state index contributed by atoms with van der Waals surface area (Å²) < 4.78 is 86.6. The van der Waals surface area contributed by atoms with Crippen molar-refractivity contribution < 1.29 is 35.9 Å². The van der Waals surface area contributed by atoms with Crippen LogP contribution in [-0.4, -0.2) is 5.91 Å². The molecule has 0 heterocycles. The summed E-state index contributed by atoms with van der Waals surface area (Å²) in [5.41, 5.74) is -1.30. The van der Waals surface area contributed by atoms with Gasteiger partial charge in [0, 0.05) is 32.7 Å². The van der Waals surface area contributed by atoms with E-state index in [0.717, 1.165) is 24.3 Å². The van der Waals surface area contributed by atoms with E-state index in [9.17, 15) is 31.1 Å². The Balaban J connectivity index is 1.62. The van der Waals surface area contributed by atoms with Crippen molar-refractivity contribution in [2.24, 2.45) is 0 Å². The van der Waals surface area contributed by atoms with E-state index in [0.29, 0.717) is 32.8 Å². The topological polar surface area (TPSA) is 38.3 Å². The summed E-state index contributed by atoms with van der Waals surface area (Å²) in [5.74, 6) is -1.43. The van der Waals surface area contributed by atoms with Crippen LogP contribution < -0.4 is 10.1 Å². The number of nitrogens with one attached hydrogen (secondary N) is 1. The van der Waals surface area contributed by atoms with E-state index in [-0.39, 0.29) is 17.1 Å². The predicted molar refractivity (Wildman–Crippen MR) is 144 cm³/mol. The third kappa shape index (κ3) is 7.67. The lowest BCUT2D eigenvalue weighted by Crippen LogP contribution is -2.23. The number of rotatable bonds is 7. The van der Waals surface area contributed by atoms with Crippen LogP contribution in [0, 0.1) is 0 Å². The summed E-state index contributed by atoms with van der Waals surface area (Å²) in [6, 6.07) is 17.6. The molecule has 4 rings (SSSR count). The predicted octanol–water partition coefficient (Wildman–Crippen LogP) is 9.78. The molecule has 1 unspecified atom stereocenters. The standard InChI is InChI=1S/C29H18Cl3F6NO2/c30-20-8-3-17(4-9-20)26(22-11-10-21(31)14-24(22)32)41-25-12-5-18(13-23(25)29(36,37)38)27(40)39-15-16-1-6-19(7-2-16)28(33,34)35/h1-14,26H,15H2,(H,39,40). The van der Waals surface area contributed by atoms with Gasteiger partial charge in [0.25, 0.3) is 5.91 Å². The van der Waals surface area contributed by atoms with Gasteiger partial charge in [-0.05, 0) is 65.7 Å². The zero-order chi connectivity index (χ0) is 29.9. The summed E-state index contributed by atoms with van der Waals surface area (Å²) in [7, 11) is 0. The van der Waals surface area contributed by atoms with E-state index in [4.69, 9.17) is 39.5 Å². The lowest BCUT2D eigenvalue weighted by Gasteiger charge is -2.24. The maximum Gasteiger partial charge on any atom is 0.419 e. The third-order valence-electron chi connectivity index (χ3n) is 5.94. The van der Waals surface area contributed by atoms with Crippen LogP contribution in [0.15, 0.2) is 84.9 Å². The second-order valence-corrected chi connectivity index (χ2v) is 10.1. The van der Waals surface area contributed by atoms with E-state index in [1.165, 1.54) is 30.3 Å². The number of hydrogen-bond acceptors (Lipinski definition) is 2. The maximum atomic E-state index is 14.2. The lowest BCUT2D eigenvalue weighted by atomic mass is 10.0. The molecule has 4 aromatic rings. The molecule has 1 N–H and O–H groups in total. The number of halogens is 9. The highest BCUT2D eigenvalue weighted by atomic mass is 35.5. The van der Waals surface area contributed by atoms with E-state index < -0.39 is 41.2 Å². The summed E-state index contributed by atoms with van der Waals surface area (Å²) in [5, 5.41) is 3.29. The molecule has 0 saturated carbocycles. The van der Waals surface area contributed by atoms with Gasteiger partial charge in [0.15, 0.2) is 6.10 Å². The van der Waals surface area contributed by atoms with Crippen LogP contribution in [0.2, 0.25) is 15.1 Å². The van der Waals surface area contributed by atoms with Crippen molar-refractivity contribution in [1.82, 2.24) is 5.32 Å². The van der Waals surface area contributed by atoms with E-state index in [1.54, 1.807) is 24.3 Å². The largest absolute Gasteiger partial charge is 0.480 e. The van der Waals surface area contributed by atoms with Crippen LogP contribution >= 0.6 is 34.8 Å². The quantitative estimate of drug-likeness (QED) is 0.206. The molecule has 0 aliphatic rings. The number of alkyl halides is 6. The average Bonchev–Trinajstić information content (AvgIpc) is 2.90. The Morgan fingerprint density at radius 3 is 1.98 bits per heavy atom. The minimum Gasteiger partial charge on any atom is -0.480 e. The molecule has 1 atom stereocenters. The first-order valence-electron chi connectivity index (χ1n) is 11.7. The Labute approximate surface area is 245 Å². The van der Waals surface area contributed by atoms with Gasteiger partial charge in [-0.15, -0.1) is 0 Å². The number of amides is 1. The van der Waals surface area contributed by atoms with Gasteiger partial charge in [0.2, 0.25) is 0 Å². The monoisotopic (exact) mass is 631 g/mol. The number of carbonyl (C=O) groups is 1. The van der Waals surface area contributed by atoms with Gasteiger partial charge < -0.3 is 10.1 Å². The maximum absolute atomic E-state index is 14.2. The first kappa shape index (κ1) is 30.6. The van der Waals surface area contributed by atoms with Gasteiger partial charge >= 0.3 is 12.4 Å². The fourth-order valence-corrected chi connectivity index (χ4v) is 4.51. The highest BCUT2D eigenvalue weighted by Crippen LogP contribution is 2.41. The lowest BCUT2D eigenvalue weighted by molar-refractivity contribution is -0.139. The zero-order valence-corrected chi connectivity index (χ0v) is 22.9. The van der Waals surface area contributed by atoms with Crippen molar-refractivity contribution in [3.8, 4) is 5.75 Å². The van der Waals surface area contributed by atoms with Gasteiger partial charge in [-0.1, -0.05) is 65.1 Å². The molecule has 1 amide bonds. The molecule has 4 aromatic carbocycles. The van der Waals surface area contributed by atoms with Gasteiger partial charge in [-0.25, -0.2) is 0 Å². The fraction of sp³-hybridized carbons (Fsp3) is 0.138. The molecule has 0 radical (unpaired) electrons. The van der Waals surface area contributed by atoms with E-state index in [1.807, 2.05) is 0 Å². The van der Waals surface area contributed by atoms with Crippen molar-refractivity contribution in [1.29, 1.82) is 0 Å². The zero-order valence-electron chi connectivity index (χ0n) is 20.6. The molecule has 0 fully saturated rings. The Bertz CT molecular complexity index is 1540. The molecule has 0 aliphatic carbocycles. The van der Waals surface area contributed by atoms with Crippen LogP contribution in [0.5, 0.6) is 5.75 Å². The fourth-order valence-electron chi connectivity index (χ4n) is 3.88. The molecule has 0 aliphatic heterocycles. The number of hydrogen-bond donors (Lipinski definition) is 1. The SMILES string of the molecule is O=C(NCc1ccc(C(F)(F)F)cc1)c1ccc(OC(c2ccc(Cl)cc2)c2ccc(Cl)cc2Cl)c(C(F)(F)F)c1. The molecule has 0 bridgehead atoms. The molecule has 0 aromatic heterocycles. The van der Waals surface area contributed by atoms with Gasteiger partial charge in [-0.2, -0.15) is 26.3 Å².